The predicted molar refractivity (Wildman–Crippen MR) is 91.0 cm³/mol. The van der Waals surface area contributed by atoms with Crippen molar-refractivity contribution in [3.63, 3.8) is 0 Å². The highest BCUT2D eigenvalue weighted by atomic mass is 35.5. The summed E-state index contributed by atoms with van der Waals surface area (Å²) in [5, 5.41) is -0.368. The van der Waals surface area contributed by atoms with Gasteiger partial charge in [0.05, 0.1) is 11.0 Å². The van der Waals surface area contributed by atoms with Crippen molar-refractivity contribution in [2.45, 2.75) is 45.8 Å². The number of nitrogens with zero attached hydrogens (tertiary/aromatic N) is 1. The molecule has 25 heavy (non-hydrogen) atoms. The van der Waals surface area contributed by atoms with Gasteiger partial charge in [-0.1, -0.05) is 17.7 Å². The van der Waals surface area contributed by atoms with E-state index in [-0.39, 0.29) is 11.2 Å². The van der Waals surface area contributed by atoms with Crippen LogP contribution in [-0.4, -0.2) is 16.7 Å². The van der Waals surface area contributed by atoms with Crippen LogP contribution in [0.25, 0.3) is 0 Å². The van der Waals surface area contributed by atoms with Gasteiger partial charge in [0.25, 0.3) is 0 Å². The molecule has 1 heterocycles. The molecule has 0 saturated carbocycles. The maximum atomic E-state index is 13.1. The van der Waals surface area contributed by atoms with Crippen molar-refractivity contribution in [3.05, 3.63) is 46.7 Å². The summed E-state index contributed by atoms with van der Waals surface area (Å²) in [5.41, 5.74) is 0.924. The normalized spacial score (nSPS) is 26.4. The second kappa shape index (κ2) is 6.35. The number of aryl methyl sites for hydroxylation is 1. The van der Waals surface area contributed by atoms with Crippen LogP contribution in [0.15, 0.2) is 30.0 Å². The number of hydrogen-bond donors (Lipinski definition) is 0. The monoisotopic (exact) mass is 371 g/mol. The Bertz CT molecular complexity index is 728. The van der Waals surface area contributed by atoms with Gasteiger partial charge in [0.2, 0.25) is 5.24 Å². The highest BCUT2D eigenvalue weighted by molar-refractivity contribution is 6.64. The minimum Gasteiger partial charge on any atom is -0.369 e. The van der Waals surface area contributed by atoms with E-state index in [1.54, 1.807) is 13.0 Å². The van der Waals surface area contributed by atoms with Crippen molar-refractivity contribution in [1.82, 2.24) is 4.90 Å². The van der Waals surface area contributed by atoms with Gasteiger partial charge in [0, 0.05) is 24.7 Å². The molecule has 136 valence electrons. The summed E-state index contributed by atoms with van der Waals surface area (Å²) in [5.74, 6) is 0.0538. The SMILES string of the molecule is Cc1cc(CN2CC(C)(C(=O)Cl)C3CCCC=C32)cc(C(F)(F)F)c1. The van der Waals surface area contributed by atoms with Gasteiger partial charge < -0.3 is 4.90 Å². The molecule has 1 fully saturated rings. The van der Waals surface area contributed by atoms with Gasteiger partial charge >= 0.3 is 6.18 Å². The minimum atomic E-state index is -4.36. The van der Waals surface area contributed by atoms with Gasteiger partial charge in [-0.15, -0.1) is 0 Å². The van der Waals surface area contributed by atoms with Gasteiger partial charge in [0.1, 0.15) is 0 Å². The lowest BCUT2D eigenvalue weighted by molar-refractivity contribution is -0.137. The lowest BCUT2D eigenvalue weighted by Gasteiger charge is -2.28. The summed E-state index contributed by atoms with van der Waals surface area (Å²) in [6.07, 6.45) is 0.568. The van der Waals surface area contributed by atoms with Crippen LogP contribution in [0.1, 0.15) is 42.9 Å². The van der Waals surface area contributed by atoms with Crippen LogP contribution >= 0.6 is 11.6 Å². The van der Waals surface area contributed by atoms with Crippen molar-refractivity contribution in [3.8, 4) is 0 Å². The molecular weight excluding hydrogens is 351 g/mol. The first-order valence-electron chi connectivity index (χ1n) is 8.44. The average Bonchev–Trinajstić information content (AvgIpc) is 2.80. The zero-order chi connectivity index (χ0) is 18.4. The number of likely N-dealkylation sites (tertiary alicyclic amines) is 1. The number of alkyl halides is 3. The summed E-state index contributed by atoms with van der Waals surface area (Å²) >= 11 is 5.88. The van der Waals surface area contributed by atoms with E-state index in [9.17, 15) is 18.0 Å². The number of halogens is 4. The molecule has 0 spiro atoms. The van der Waals surface area contributed by atoms with Gasteiger partial charge in [-0.3, -0.25) is 4.79 Å². The van der Waals surface area contributed by atoms with Gasteiger partial charge in [-0.2, -0.15) is 13.2 Å². The molecule has 1 aliphatic heterocycles. The maximum absolute atomic E-state index is 13.1. The first kappa shape index (κ1) is 18.3. The first-order chi connectivity index (χ1) is 11.6. The third-order valence-corrected chi connectivity index (χ3v) is 5.78. The molecule has 0 bridgehead atoms. The Morgan fingerprint density at radius 1 is 1.36 bits per heavy atom. The van der Waals surface area contributed by atoms with E-state index in [1.165, 1.54) is 6.07 Å². The lowest BCUT2D eigenvalue weighted by atomic mass is 9.75. The zero-order valence-electron chi connectivity index (χ0n) is 14.3. The molecule has 2 nitrogen and oxygen atoms in total. The predicted octanol–water partition coefficient (Wildman–Crippen LogP) is 5.29. The van der Waals surface area contributed by atoms with Crippen molar-refractivity contribution in [1.29, 1.82) is 0 Å². The molecule has 0 radical (unpaired) electrons. The van der Waals surface area contributed by atoms with E-state index in [0.717, 1.165) is 31.0 Å². The fourth-order valence-electron chi connectivity index (χ4n) is 4.14. The molecule has 2 atom stereocenters. The summed E-state index contributed by atoms with van der Waals surface area (Å²) in [7, 11) is 0. The number of fused-ring (bicyclic) bond motifs is 1. The Balaban J connectivity index is 1.92. The number of allylic oxidation sites excluding steroid dienone is 2. The number of carbonyl (C=O) groups excluding carboxylic acids is 1. The van der Waals surface area contributed by atoms with E-state index >= 15 is 0 Å². The molecule has 2 unspecified atom stereocenters. The Morgan fingerprint density at radius 3 is 2.72 bits per heavy atom. The van der Waals surface area contributed by atoms with Gasteiger partial charge in [0.15, 0.2) is 0 Å². The first-order valence-corrected chi connectivity index (χ1v) is 8.82. The molecule has 2 aliphatic rings. The number of rotatable bonds is 3. The standard InChI is InChI=1S/C19H21ClF3NO/c1-12-7-13(9-14(8-12)19(21,22)23)10-24-11-18(2,17(20)25)15-5-3-4-6-16(15)24/h6-9,15H,3-5,10-11H2,1-2H3. The van der Waals surface area contributed by atoms with Gasteiger partial charge in [-0.05, 0) is 62.4 Å². The maximum Gasteiger partial charge on any atom is 0.416 e. The quantitative estimate of drug-likeness (QED) is 0.673. The van der Waals surface area contributed by atoms with Crippen LogP contribution in [0, 0.1) is 18.3 Å². The van der Waals surface area contributed by atoms with E-state index < -0.39 is 17.2 Å². The number of benzene rings is 1. The summed E-state index contributed by atoms with van der Waals surface area (Å²) in [6, 6.07) is 4.12. The molecule has 1 saturated heterocycles. The summed E-state index contributed by atoms with van der Waals surface area (Å²) < 4.78 is 39.2. The minimum absolute atomic E-state index is 0.0538. The number of hydrogen-bond acceptors (Lipinski definition) is 2. The van der Waals surface area contributed by atoms with Crippen molar-refractivity contribution < 1.29 is 18.0 Å². The third-order valence-electron chi connectivity index (χ3n) is 5.35. The van der Waals surface area contributed by atoms with Gasteiger partial charge in [-0.25, -0.2) is 0 Å². The van der Waals surface area contributed by atoms with Crippen molar-refractivity contribution >= 4 is 16.8 Å². The van der Waals surface area contributed by atoms with Crippen LogP contribution in [-0.2, 0) is 17.5 Å². The third kappa shape index (κ3) is 3.43. The molecular formula is C19H21ClF3NO. The van der Waals surface area contributed by atoms with Crippen LogP contribution in [0.4, 0.5) is 13.2 Å². The molecule has 0 amide bonds. The smallest absolute Gasteiger partial charge is 0.369 e. The van der Waals surface area contributed by atoms with Crippen LogP contribution in [0.5, 0.6) is 0 Å². The molecule has 0 aromatic heterocycles. The Hall–Kier alpha value is -1.49. The molecule has 1 aromatic rings. The van der Waals surface area contributed by atoms with Crippen molar-refractivity contribution in [2.24, 2.45) is 11.3 Å². The molecule has 6 heteroatoms. The molecule has 3 rings (SSSR count). The zero-order valence-corrected chi connectivity index (χ0v) is 15.0. The average molecular weight is 372 g/mol. The molecule has 0 N–H and O–H groups in total. The van der Waals surface area contributed by atoms with Crippen LogP contribution in [0.2, 0.25) is 0 Å². The fraction of sp³-hybridized carbons (Fsp3) is 0.526. The van der Waals surface area contributed by atoms with Crippen LogP contribution < -0.4 is 0 Å². The second-order valence-electron chi connectivity index (χ2n) is 7.36. The largest absolute Gasteiger partial charge is 0.416 e. The van der Waals surface area contributed by atoms with E-state index in [0.29, 0.717) is 24.2 Å². The summed E-state index contributed by atoms with van der Waals surface area (Å²) in [4.78, 5) is 14.0. The van der Waals surface area contributed by atoms with Crippen molar-refractivity contribution in [2.75, 3.05) is 6.54 Å². The van der Waals surface area contributed by atoms with E-state index in [1.807, 2.05) is 11.8 Å². The fourth-order valence-corrected chi connectivity index (χ4v) is 4.33. The Morgan fingerprint density at radius 2 is 2.08 bits per heavy atom. The van der Waals surface area contributed by atoms with Crippen LogP contribution in [0.3, 0.4) is 0 Å². The second-order valence-corrected chi connectivity index (χ2v) is 7.71. The highest BCUT2D eigenvalue weighted by Crippen LogP contribution is 2.49. The van der Waals surface area contributed by atoms with E-state index in [2.05, 4.69) is 6.08 Å². The highest BCUT2D eigenvalue weighted by Gasteiger charge is 2.50. The lowest BCUT2D eigenvalue weighted by Crippen LogP contribution is -2.33. The molecule has 1 aromatic carbocycles. The van der Waals surface area contributed by atoms with E-state index in [4.69, 9.17) is 11.6 Å². The topological polar surface area (TPSA) is 20.3 Å². The molecule has 1 aliphatic carbocycles. The summed E-state index contributed by atoms with van der Waals surface area (Å²) in [6.45, 7) is 4.33. The number of carbonyl (C=O) groups is 1. The Labute approximate surface area is 150 Å². The Kier molecular flexibility index (Phi) is 4.65.